The van der Waals surface area contributed by atoms with Crippen LogP contribution in [0.5, 0.6) is 0 Å². The molecule has 2 rings (SSSR count). The fourth-order valence-corrected chi connectivity index (χ4v) is 2.48. The smallest absolute Gasteiger partial charge is 0.178 e. The average molecular weight is 211 g/mol. The van der Waals surface area contributed by atoms with Gasteiger partial charge in [-0.1, -0.05) is 6.92 Å². The highest BCUT2D eigenvalue weighted by Crippen LogP contribution is 2.47. The number of carbonyl (C=O) groups is 1. The Balaban J connectivity index is 2.12. The van der Waals surface area contributed by atoms with Crippen molar-refractivity contribution in [2.45, 2.75) is 26.4 Å². The molecular formula is C10H13NO2S. The first-order valence-corrected chi connectivity index (χ1v) is 5.62. The van der Waals surface area contributed by atoms with Crippen LogP contribution < -0.4 is 0 Å². The summed E-state index contributed by atoms with van der Waals surface area (Å²) in [7, 11) is 0. The molecular weight excluding hydrogens is 198 g/mol. The van der Waals surface area contributed by atoms with Crippen LogP contribution in [0.3, 0.4) is 0 Å². The summed E-state index contributed by atoms with van der Waals surface area (Å²) in [5.41, 5.74) is 0.470. The lowest BCUT2D eigenvalue weighted by Crippen LogP contribution is -2.01. The Kier molecular flexibility index (Phi) is 2.41. The number of carbonyl (C=O) groups excluding carboxylic acids is 1. The van der Waals surface area contributed by atoms with Crippen LogP contribution in [0.4, 0.5) is 0 Å². The molecule has 14 heavy (non-hydrogen) atoms. The van der Waals surface area contributed by atoms with Gasteiger partial charge in [-0.15, -0.1) is 11.3 Å². The summed E-state index contributed by atoms with van der Waals surface area (Å²) in [6, 6.07) is 0. The largest absolute Gasteiger partial charge is 0.386 e. The first kappa shape index (κ1) is 9.80. The number of aliphatic hydroxyl groups excluding tert-OH is 1. The molecule has 3 atom stereocenters. The molecule has 76 valence electrons. The summed E-state index contributed by atoms with van der Waals surface area (Å²) < 4.78 is 0. The lowest BCUT2D eigenvalue weighted by atomic mass is 10.2. The Morgan fingerprint density at radius 3 is 2.86 bits per heavy atom. The minimum absolute atomic E-state index is 0.0384. The maximum absolute atomic E-state index is 11.0. The van der Waals surface area contributed by atoms with Gasteiger partial charge in [0, 0.05) is 12.3 Å². The summed E-state index contributed by atoms with van der Waals surface area (Å²) >= 11 is 1.37. The minimum atomic E-state index is -0.469. The van der Waals surface area contributed by atoms with Crippen molar-refractivity contribution in [2.24, 2.45) is 11.8 Å². The molecule has 0 aliphatic heterocycles. The molecule has 1 saturated carbocycles. The zero-order valence-electron chi connectivity index (χ0n) is 8.23. The normalized spacial score (nSPS) is 27.4. The zero-order valence-corrected chi connectivity index (χ0v) is 9.04. The molecule has 0 bridgehead atoms. The van der Waals surface area contributed by atoms with Crippen LogP contribution in [-0.4, -0.2) is 15.9 Å². The van der Waals surface area contributed by atoms with Gasteiger partial charge in [0.2, 0.25) is 0 Å². The minimum Gasteiger partial charge on any atom is -0.386 e. The van der Waals surface area contributed by atoms with Gasteiger partial charge in [0.1, 0.15) is 16.8 Å². The van der Waals surface area contributed by atoms with Crippen molar-refractivity contribution >= 4 is 17.1 Å². The Hall–Kier alpha value is -0.740. The van der Waals surface area contributed by atoms with Crippen molar-refractivity contribution in [3.05, 3.63) is 16.1 Å². The van der Waals surface area contributed by atoms with Crippen molar-refractivity contribution in [1.82, 2.24) is 4.98 Å². The number of ketones is 1. The molecule has 0 saturated heterocycles. The third-order valence-electron chi connectivity index (χ3n) is 2.71. The first-order valence-electron chi connectivity index (χ1n) is 4.74. The Labute approximate surface area is 86.8 Å². The summed E-state index contributed by atoms with van der Waals surface area (Å²) in [5, 5.41) is 12.3. The molecule has 0 amide bonds. The van der Waals surface area contributed by atoms with Crippen molar-refractivity contribution in [1.29, 1.82) is 0 Å². The van der Waals surface area contributed by atoms with Crippen LogP contribution in [0.25, 0.3) is 0 Å². The highest BCUT2D eigenvalue weighted by molar-refractivity contribution is 7.09. The molecule has 3 unspecified atom stereocenters. The fraction of sp³-hybridized carbons (Fsp3) is 0.600. The average Bonchev–Trinajstić information content (AvgIpc) is 2.69. The molecule has 1 aliphatic rings. The van der Waals surface area contributed by atoms with Crippen LogP contribution >= 0.6 is 11.3 Å². The maximum Gasteiger partial charge on any atom is 0.178 e. The van der Waals surface area contributed by atoms with Gasteiger partial charge in [-0.05, 0) is 18.3 Å². The second kappa shape index (κ2) is 3.44. The number of aliphatic hydroxyl groups is 1. The monoisotopic (exact) mass is 211 g/mol. The SMILES string of the molecule is CC(=O)c1csc(C(O)C2CC2C)n1. The van der Waals surface area contributed by atoms with E-state index in [1.165, 1.54) is 18.3 Å². The van der Waals surface area contributed by atoms with Crippen LogP contribution in [0.1, 0.15) is 41.9 Å². The maximum atomic E-state index is 11.0. The van der Waals surface area contributed by atoms with E-state index in [0.29, 0.717) is 22.5 Å². The van der Waals surface area contributed by atoms with Crippen molar-refractivity contribution < 1.29 is 9.90 Å². The first-order chi connectivity index (χ1) is 6.59. The summed E-state index contributed by atoms with van der Waals surface area (Å²) in [5.74, 6) is 0.902. The van der Waals surface area contributed by atoms with Crippen LogP contribution in [0, 0.1) is 11.8 Å². The molecule has 4 heteroatoms. The van der Waals surface area contributed by atoms with Gasteiger partial charge in [0.25, 0.3) is 0 Å². The standard InChI is InChI=1S/C10H13NO2S/c1-5-3-7(5)9(13)10-11-8(4-14-10)6(2)12/h4-5,7,9,13H,3H2,1-2H3. The Morgan fingerprint density at radius 2 is 2.43 bits per heavy atom. The van der Waals surface area contributed by atoms with E-state index in [2.05, 4.69) is 11.9 Å². The van der Waals surface area contributed by atoms with E-state index in [4.69, 9.17) is 0 Å². The molecule has 0 radical (unpaired) electrons. The lowest BCUT2D eigenvalue weighted by Gasteiger charge is -2.04. The second-order valence-corrected chi connectivity index (χ2v) is 4.84. The highest BCUT2D eigenvalue weighted by atomic mass is 32.1. The van der Waals surface area contributed by atoms with Gasteiger partial charge in [-0.3, -0.25) is 4.79 Å². The van der Waals surface area contributed by atoms with E-state index >= 15 is 0 Å². The molecule has 1 aliphatic carbocycles. The van der Waals surface area contributed by atoms with Gasteiger partial charge >= 0.3 is 0 Å². The molecule has 1 aromatic rings. The van der Waals surface area contributed by atoms with Gasteiger partial charge < -0.3 is 5.11 Å². The van der Waals surface area contributed by atoms with E-state index < -0.39 is 6.10 Å². The molecule has 1 heterocycles. The fourth-order valence-electron chi connectivity index (χ4n) is 1.56. The lowest BCUT2D eigenvalue weighted by molar-refractivity contribution is 0.101. The van der Waals surface area contributed by atoms with Crippen molar-refractivity contribution in [3.63, 3.8) is 0 Å². The number of aromatic nitrogens is 1. The third kappa shape index (κ3) is 1.72. The van der Waals surface area contributed by atoms with Crippen LogP contribution in [0.15, 0.2) is 5.38 Å². The number of Topliss-reactive ketones (excluding diaryl/α,β-unsaturated/α-hetero) is 1. The summed E-state index contributed by atoms with van der Waals surface area (Å²) in [6.07, 6.45) is 0.596. The second-order valence-electron chi connectivity index (χ2n) is 3.95. The quantitative estimate of drug-likeness (QED) is 0.778. The van der Waals surface area contributed by atoms with Gasteiger partial charge in [0.05, 0.1) is 0 Å². The molecule has 0 spiro atoms. The molecule has 3 nitrogen and oxygen atoms in total. The predicted molar refractivity (Wildman–Crippen MR) is 54.3 cm³/mol. The molecule has 1 aromatic heterocycles. The number of hydrogen-bond donors (Lipinski definition) is 1. The van der Waals surface area contributed by atoms with Crippen LogP contribution in [0.2, 0.25) is 0 Å². The molecule has 1 N–H and O–H groups in total. The number of nitrogens with zero attached hydrogens (tertiary/aromatic N) is 1. The molecule has 1 fully saturated rings. The van der Waals surface area contributed by atoms with E-state index in [1.807, 2.05) is 0 Å². The van der Waals surface area contributed by atoms with Crippen molar-refractivity contribution in [3.8, 4) is 0 Å². The van der Waals surface area contributed by atoms with E-state index in [0.717, 1.165) is 6.42 Å². The van der Waals surface area contributed by atoms with Crippen LogP contribution in [-0.2, 0) is 0 Å². The predicted octanol–water partition coefficient (Wildman–Crippen LogP) is 2.04. The highest BCUT2D eigenvalue weighted by Gasteiger charge is 2.40. The van der Waals surface area contributed by atoms with E-state index in [9.17, 15) is 9.90 Å². The summed E-state index contributed by atoms with van der Waals surface area (Å²) in [4.78, 5) is 15.1. The third-order valence-corrected chi connectivity index (χ3v) is 3.63. The topological polar surface area (TPSA) is 50.2 Å². The molecule has 0 aromatic carbocycles. The van der Waals surface area contributed by atoms with Crippen molar-refractivity contribution in [2.75, 3.05) is 0 Å². The number of thiazole rings is 1. The number of rotatable bonds is 3. The Morgan fingerprint density at radius 1 is 1.79 bits per heavy atom. The van der Waals surface area contributed by atoms with Gasteiger partial charge in [-0.2, -0.15) is 0 Å². The van der Waals surface area contributed by atoms with E-state index in [-0.39, 0.29) is 5.78 Å². The van der Waals surface area contributed by atoms with E-state index in [1.54, 1.807) is 5.38 Å². The number of hydrogen-bond acceptors (Lipinski definition) is 4. The van der Waals surface area contributed by atoms with Gasteiger partial charge in [-0.25, -0.2) is 4.98 Å². The van der Waals surface area contributed by atoms with Gasteiger partial charge in [0.15, 0.2) is 5.78 Å². The zero-order chi connectivity index (χ0) is 10.3. The summed E-state index contributed by atoms with van der Waals surface area (Å²) in [6.45, 7) is 3.61. The Bertz CT molecular complexity index is 361.